The number of Topliss-reactive ketones (excluding diaryl/α,β-unsaturated/α-hetero) is 1. The SMILES string of the molecule is O=C1CC[C@@H](Cc2ccccc2)C1. The van der Waals surface area contributed by atoms with E-state index in [2.05, 4.69) is 24.3 Å². The molecule has 0 amide bonds. The van der Waals surface area contributed by atoms with Crippen molar-refractivity contribution in [1.29, 1.82) is 0 Å². The average Bonchev–Trinajstić information content (AvgIpc) is 2.53. The van der Waals surface area contributed by atoms with Crippen LogP contribution in [0.15, 0.2) is 30.3 Å². The molecule has 1 fully saturated rings. The molecule has 68 valence electrons. The van der Waals surface area contributed by atoms with Gasteiger partial charge in [0.05, 0.1) is 0 Å². The molecule has 1 aliphatic carbocycles. The molecule has 0 unspecified atom stereocenters. The average molecular weight is 174 g/mol. The largest absolute Gasteiger partial charge is 0.300 e. The second kappa shape index (κ2) is 3.73. The summed E-state index contributed by atoms with van der Waals surface area (Å²) in [6, 6.07) is 10.4. The molecule has 0 spiro atoms. The lowest BCUT2D eigenvalue weighted by Crippen LogP contribution is -1.99. The van der Waals surface area contributed by atoms with Crippen LogP contribution in [0.5, 0.6) is 0 Å². The third-order valence-electron chi connectivity index (χ3n) is 2.71. The Balaban J connectivity index is 1.96. The topological polar surface area (TPSA) is 17.1 Å². The summed E-state index contributed by atoms with van der Waals surface area (Å²) in [6.45, 7) is 0. The molecule has 0 radical (unpaired) electrons. The van der Waals surface area contributed by atoms with E-state index in [0.717, 1.165) is 25.7 Å². The number of carbonyl (C=O) groups is 1. The molecule has 0 N–H and O–H groups in total. The molecule has 0 saturated heterocycles. The Morgan fingerprint density at radius 2 is 2.00 bits per heavy atom. The van der Waals surface area contributed by atoms with Gasteiger partial charge in [0.25, 0.3) is 0 Å². The van der Waals surface area contributed by atoms with E-state index >= 15 is 0 Å². The number of benzene rings is 1. The maximum atomic E-state index is 11.0. The Morgan fingerprint density at radius 1 is 1.23 bits per heavy atom. The summed E-state index contributed by atoms with van der Waals surface area (Å²) in [4.78, 5) is 11.0. The molecule has 1 heteroatoms. The first kappa shape index (κ1) is 8.49. The smallest absolute Gasteiger partial charge is 0.133 e. The van der Waals surface area contributed by atoms with E-state index in [1.54, 1.807) is 0 Å². The lowest BCUT2D eigenvalue weighted by molar-refractivity contribution is -0.117. The molecule has 1 nitrogen and oxygen atoms in total. The molecule has 0 heterocycles. The first-order valence-corrected chi connectivity index (χ1v) is 4.90. The van der Waals surface area contributed by atoms with Crippen molar-refractivity contribution in [3.8, 4) is 0 Å². The maximum Gasteiger partial charge on any atom is 0.133 e. The van der Waals surface area contributed by atoms with Crippen molar-refractivity contribution in [2.45, 2.75) is 25.7 Å². The lowest BCUT2D eigenvalue weighted by atomic mass is 9.98. The van der Waals surface area contributed by atoms with E-state index < -0.39 is 0 Å². The fourth-order valence-corrected chi connectivity index (χ4v) is 2.01. The molecule has 1 aromatic rings. The Hall–Kier alpha value is -1.11. The predicted octanol–water partition coefficient (Wildman–Crippen LogP) is 2.60. The van der Waals surface area contributed by atoms with Gasteiger partial charge in [0.2, 0.25) is 0 Å². The first-order valence-electron chi connectivity index (χ1n) is 4.90. The van der Waals surface area contributed by atoms with Crippen LogP contribution in [0.4, 0.5) is 0 Å². The zero-order valence-corrected chi connectivity index (χ0v) is 7.70. The highest BCUT2D eigenvalue weighted by Crippen LogP contribution is 2.25. The van der Waals surface area contributed by atoms with Crippen LogP contribution in [-0.2, 0) is 11.2 Å². The van der Waals surface area contributed by atoms with Crippen LogP contribution in [0, 0.1) is 5.92 Å². The molecular formula is C12H14O. The van der Waals surface area contributed by atoms with Crippen LogP contribution in [0.3, 0.4) is 0 Å². The molecule has 13 heavy (non-hydrogen) atoms. The van der Waals surface area contributed by atoms with Crippen molar-refractivity contribution in [2.24, 2.45) is 5.92 Å². The van der Waals surface area contributed by atoms with E-state index in [1.165, 1.54) is 5.56 Å². The number of rotatable bonds is 2. The Morgan fingerprint density at radius 3 is 2.62 bits per heavy atom. The van der Waals surface area contributed by atoms with E-state index in [1.807, 2.05) is 6.07 Å². The van der Waals surface area contributed by atoms with Crippen molar-refractivity contribution in [3.05, 3.63) is 35.9 Å². The summed E-state index contributed by atoms with van der Waals surface area (Å²) in [6.07, 6.45) is 3.77. The number of carbonyl (C=O) groups excluding carboxylic acids is 1. The van der Waals surface area contributed by atoms with Crippen molar-refractivity contribution >= 4 is 5.78 Å². The van der Waals surface area contributed by atoms with Crippen molar-refractivity contribution in [2.75, 3.05) is 0 Å². The van der Waals surface area contributed by atoms with E-state index in [9.17, 15) is 4.79 Å². The van der Waals surface area contributed by atoms with Gasteiger partial charge in [0.15, 0.2) is 0 Å². The van der Waals surface area contributed by atoms with Crippen molar-refractivity contribution in [3.63, 3.8) is 0 Å². The van der Waals surface area contributed by atoms with Gasteiger partial charge >= 0.3 is 0 Å². The van der Waals surface area contributed by atoms with Gasteiger partial charge in [-0.15, -0.1) is 0 Å². The minimum absolute atomic E-state index is 0.445. The summed E-state index contributed by atoms with van der Waals surface area (Å²) in [7, 11) is 0. The minimum atomic E-state index is 0.445. The second-order valence-corrected chi connectivity index (χ2v) is 3.84. The van der Waals surface area contributed by atoms with E-state index in [0.29, 0.717) is 11.7 Å². The zero-order valence-electron chi connectivity index (χ0n) is 7.70. The summed E-state index contributed by atoms with van der Waals surface area (Å²) in [5.41, 5.74) is 1.36. The molecule has 2 rings (SSSR count). The van der Waals surface area contributed by atoms with Crippen LogP contribution >= 0.6 is 0 Å². The van der Waals surface area contributed by atoms with Gasteiger partial charge in [-0.3, -0.25) is 4.79 Å². The van der Waals surface area contributed by atoms with Crippen LogP contribution in [0.1, 0.15) is 24.8 Å². The molecule has 0 bridgehead atoms. The molecule has 1 aliphatic rings. The van der Waals surface area contributed by atoms with Gasteiger partial charge < -0.3 is 0 Å². The first-order chi connectivity index (χ1) is 6.34. The Bertz CT molecular complexity index is 289. The van der Waals surface area contributed by atoms with Gasteiger partial charge in [-0.05, 0) is 24.3 Å². The van der Waals surface area contributed by atoms with Gasteiger partial charge in [-0.1, -0.05) is 30.3 Å². The van der Waals surface area contributed by atoms with Crippen LogP contribution in [-0.4, -0.2) is 5.78 Å². The predicted molar refractivity (Wildman–Crippen MR) is 52.5 cm³/mol. The van der Waals surface area contributed by atoms with Crippen LogP contribution in [0.25, 0.3) is 0 Å². The molecule has 1 aromatic carbocycles. The maximum absolute atomic E-state index is 11.0. The molecule has 0 aliphatic heterocycles. The Labute approximate surface area is 78.8 Å². The van der Waals surface area contributed by atoms with Gasteiger partial charge in [0, 0.05) is 12.8 Å². The van der Waals surface area contributed by atoms with Gasteiger partial charge in [0.1, 0.15) is 5.78 Å². The summed E-state index contributed by atoms with van der Waals surface area (Å²) < 4.78 is 0. The Kier molecular flexibility index (Phi) is 2.44. The lowest BCUT2D eigenvalue weighted by Gasteiger charge is -2.06. The fraction of sp³-hybridized carbons (Fsp3) is 0.417. The monoisotopic (exact) mass is 174 g/mol. The highest BCUT2D eigenvalue weighted by Gasteiger charge is 2.21. The third-order valence-corrected chi connectivity index (χ3v) is 2.71. The number of ketones is 1. The van der Waals surface area contributed by atoms with Gasteiger partial charge in [-0.2, -0.15) is 0 Å². The minimum Gasteiger partial charge on any atom is -0.300 e. The van der Waals surface area contributed by atoms with E-state index in [-0.39, 0.29) is 0 Å². The molecule has 0 aromatic heterocycles. The van der Waals surface area contributed by atoms with Gasteiger partial charge in [-0.25, -0.2) is 0 Å². The van der Waals surface area contributed by atoms with Crippen LogP contribution in [0.2, 0.25) is 0 Å². The molecule has 1 atom stereocenters. The summed E-state index contributed by atoms with van der Waals surface area (Å²) in [5, 5.41) is 0. The zero-order chi connectivity index (χ0) is 9.10. The molecule has 1 saturated carbocycles. The number of hydrogen-bond donors (Lipinski definition) is 0. The van der Waals surface area contributed by atoms with Crippen LogP contribution < -0.4 is 0 Å². The third kappa shape index (κ3) is 2.18. The summed E-state index contributed by atoms with van der Waals surface area (Å²) in [5.74, 6) is 1.05. The second-order valence-electron chi connectivity index (χ2n) is 3.84. The highest BCUT2D eigenvalue weighted by atomic mass is 16.1. The normalized spacial score (nSPS) is 22.2. The quantitative estimate of drug-likeness (QED) is 0.673. The van der Waals surface area contributed by atoms with E-state index in [4.69, 9.17) is 0 Å². The van der Waals surface area contributed by atoms with Crippen molar-refractivity contribution < 1.29 is 4.79 Å². The highest BCUT2D eigenvalue weighted by molar-refractivity contribution is 5.80. The number of hydrogen-bond acceptors (Lipinski definition) is 1. The van der Waals surface area contributed by atoms with Crippen molar-refractivity contribution in [1.82, 2.24) is 0 Å². The fourth-order valence-electron chi connectivity index (χ4n) is 2.01. The summed E-state index contributed by atoms with van der Waals surface area (Å²) >= 11 is 0. The molecular weight excluding hydrogens is 160 g/mol. The standard InChI is InChI=1S/C12H14O/c13-12-7-6-11(9-12)8-10-4-2-1-3-5-10/h1-5,11H,6-9H2/t11-/m0/s1.